The minimum atomic E-state index is -2.47. The largest absolute Gasteiger partial charge is 0.497 e. The summed E-state index contributed by atoms with van der Waals surface area (Å²) in [6, 6.07) is 6.51. The minimum Gasteiger partial charge on any atom is -0.497 e. The van der Waals surface area contributed by atoms with Crippen LogP contribution in [-0.2, 0) is 33.3 Å². The second-order valence-corrected chi connectivity index (χ2v) is 5.93. The summed E-state index contributed by atoms with van der Waals surface area (Å²) >= 11 is 0. The summed E-state index contributed by atoms with van der Waals surface area (Å²) < 4.78 is 25.7. The highest BCUT2D eigenvalue weighted by atomic mass is 16.6. The third-order valence-electron chi connectivity index (χ3n) is 4.31. The molecule has 1 aromatic carbocycles. The summed E-state index contributed by atoms with van der Waals surface area (Å²) in [7, 11) is 2.63. The molecule has 0 aliphatic carbocycles. The molecule has 0 aromatic heterocycles. The smallest absolute Gasteiger partial charge is 0.365 e. The Hall–Kier alpha value is -3.10. The second-order valence-electron chi connectivity index (χ2n) is 5.93. The van der Waals surface area contributed by atoms with Gasteiger partial charge in [0, 0.05) is 5.56 Å². The Morgan fingerprint density at radius 1 is 0.964 bits per heavy atom. The Balaban J connectivity index is 2.64. The summed E-state index contributed by atoms with van der Waals surface area (Å²) in [5.74, 6) is -2.64. The van der Waals surface area contributed by atoms with Gasteiger partial charge in [0.05, 0.1) is 27.4 Å². The SMILES string of the molecule is CCOC(=O)C1(C(=O)OCC)OC(c2ccc(OC)cc2)=NC1(C)C(=O)OC. The molecule has 0 fully saturated rings. The van der Waals surface area contributed by atoms with Gasteiger partial charge in [0.2, 0.25) is 11.4 Å². The molecule has 1 unspecified atom stereocenters. The molecule has 28 heavy (non-hydrogen) atoms. The van der Waals surface area contributed by atoms with Crippen LogP contribution in [0.4, 0.5) is 0 Å². The monoisotopic (exact) mass is 393 g/mol. The van der Waals surface area contributed by atoms with Gasteiger partial charge in [-0.15, -0.1) is 0 Å². The molecular formula is C19H23NO8. The Kier molecular flexibility index (Phi) is 6.27. The number of hydrogen-bond acceptors (Lipinski definition) is 9. The van der Waals surface area contributed by atoms with E-state index in [9.17, 15) is 14.4 Å². The first-order chi connectivity index (χ1) is 13.3. The molecule has 1 aliphatic heterocycles. The van der Waals surface area contributed by atoms with Crippen LogP contribution in [0.15, 0.2) is 29.3 Å². The van der Waals surface area contributed by atoms with E-state index in [0.29, 0.717) is 11.3 Å². The van der Waals surface area contributed by atoms with Gasteiger partial charge in [-0.3, -0.25) is 0 Å². The van der Waals surface area contributed by atoms with Crippen molar-refractivity contribution in [3.05, 3.63) is 29.8 Å². The Labute approximate surface area is 162 Å². The summed E-state index contributed by atoms with van der Waals surface area (Å²) in [5.41, 5.74) is -4.09. The summed E-state index contributed by atoms with van der Waals surface area (Å²) in [6.07, 6.45) is 0. The van der Waals surface area contributed by atoms with Crippen molar-refractivity contribution in [2.24, 2.45) is 4.99 Å². The van der Waals surface area contributed by atoms with Crippen molar-refractivity contribution in [3.8, 4) is 5.75 Å². The van der Waals surface area contributed by atoms with Gasteiger partial charge in [0.15, 0.2) is 0 Å². The van der Waals surface area contributed by atoms with Crippen LogP contribution in [0.25, 0.3) is 0 Å². The number of methoxy groups -OCH3 is 2. The average molecular weight is 393 g/mol. The van der Waals surface area contributed by atoms with Crippen LogP contribution in [-0.4, -0.2) is 62.4 Å². The maximum atomic E-state index is 12.8. The zero-order valence-corrected chi connectivity index (χ0v) is 16.4. The predicted molar refractivity (Wildman–Crippen MR) is 97.0 cm³/mol. The maximum absolute atomic E-state index is 12.8. The molecule has 0 saturated carbocycles. The van der Waals surface area contributed by atoms with Crippen LogP contribution in [0.2, 0.25) is 0 Å². The summed E-state index contributed by atoms with van der Waals surface area (Å²) in [6.45, 7) is 4.30. The van der Waals surface area contributed by atoms with Crippen molar-refractivity contribution in [1.82, 2.24) is 0 Å². The normalized spacial score (nSPS) is 19.8. The van der Waals surface area contributed by atoms with Crippen molar-refractivity contribution < 1.29 is 38.1 Å². The van der Waals surface area contributed by atoms with Gasteiger partial charge in [0.1, 0.15) is 5.75 Å². The van der Waals surface area contributed by atoms with Crippen molar-refractivity contribution >= 4 is 23.8 Å². The quantitative estimate of drug-likeness (QED) is 0.387. The van der Waals surface area contributed by atoms with E-state index in [2.05, 4.69) is 4.99 Å². The lowest BCUT2D eigenvalue weighted by Gasteiger charge is -2.33. The molecule has 2 rings (SSSR count). The summed E-state index contributed by atoms with van der Waals surface area (Å²) in [4.78, 5) is 42.6. The molecule has 0 radical (unpaired) electrons. The average Bonchev–Trinajstić information content (AvgIpc) is 3.03. The number of carbonyl (C=O) groups is 3. The van der Waals surface area contributed by atoms with Gasteiger partial charge in [-0.2, -0.15) is 0 Å². The lowest BCUT2D eigenvalue weighted by Crippen LogP contribution is -2.65. The van der Waals surface area contributed by atoms with Gasteiger partial charge < -0.3 is 23.7 Å². The summed E-state index contributed by atoms with van der Waals surface area (Å²) in [5, 5.41) is 0. The number of nitrogens with zero attached hydrogens (tertiary/aromatic N) is 1. The molecule has 0 bridgehead atoms. The zero-order valence-electron chi connectivity index (χ0n) is 16.4. The molecule has 9 heteroatoms. The third kappa shape index (κ3) is 3.28. The topological polar surface area (TPSA) is 110 Å². The maximum Gasteiger partial charge on any atom is 0.365 e. The lowest BCUT2D eigenvalue weighted by atomic mass is 9.81. The van der Waals surface area contributed by atoms with Gasteiger partial charge in [-0.05, 0) is 45.0 Å². The number of esters is 3. The molecule has 1 heterocycles. The van der Waals surface area contributed by atoms with Crippen molar-refractivity contribution in [1.29, 1.82) is 0 Å². The highest BCUT2D eigenvalue weighted by Crippen LogP contribution is 2.41. The van der Waals surface area contributed by atoms with Crippen LogP contribution in [0, 0.1) is 0 Å². The predicted octanol–water partition coefficient (Wildman–Crippen LogP) is 1.27. The van der Waals surface area contributed by atoms with E-state index in [4.69, 9.17) is 23.7 Å². The standard InChI is InChI=1S/C19H23NO8/c1-6-26-16(22)19(17(23)27-7-2)18(3,15(21)25-5)20-14(28-19)12-8-10-13(24-4)11-9-12/h8-11H,6-7H2,1-5H3. The number of benzene rings is 1. The molecule has 152 valence electrons. The van der Waals surface area contributed by atoms with Crippen LogP contribution in [0.3, 0.4) is 0 Å². The number of rotatable bonds is 7. The molecule has 0 amide bonds. The van der Waals surface area contributed by atoms with Crippen LogP contribution in [0.1, 0.15) is 26.3 Å². The Morgan fingerprint density at radius 3 is 1.93 bits per heavy atom. The van der Waals surface area contributed by atoms with E-state index in [1.165, 1.54) is 14.0 Å². The van der Waals surface area contributed by atoms with E-state index in [1.807, 2.05) is 0 Å². The Morgan fingerprint density at radius 2 is 1.50 bits per heavy atom. The van der Waals surface area contributed by atoms with Gasteiger partial charge >= 0.3 is 23.5 Å². The first-order valence-electron chi connectivity index (χ1n) is 8.66. The molecule has 0 saturated heterocycles. The van der Waals surface area contributed by atoms with E-state index < -0.39 is 29.0 Å². The van der Waals surface area contributed by atoms with Crippen molar-refractivity contribution in [2.75, 3.05) is 27.4 Å². The zero-order chi connectivity index (χ0) is 20.9. The highest BCUT2D eigenvalue weighted by molar-refractivity contribution is 6.16. The number of hydrogen-bond donors (Lipinski definition) is 0. The molecular weight excluding hydrogens is 370 g/mol. The molecule has 1 atom stereocenters. The molecule has 0 N–H and O–H groups in total. The van der Waals surface area contributed by atoms with Gasteiger partial charge in [0.25, 0.3) is 0 Å². The van der Waals surface area contributed by atoms with E-state index in [1.54, 1.807) is 38.1 Å². The van der Waals surface area contributed by atoms with Crippen LogP contribution in [0.5, 0.6) is 5.75 Å². The van der Waals surface area contributed by atoms with Crippen LogP contribution < -0.4 is 4.74 Å². The lowest BCUT2D eigenvalue weighted by molar-refractivity contribution is -0.190. The van der Waals surface area contributed by atoms with Crippen molar-refractivity contribution in [3.63, 3.8) is 0 Å². The molecule has 1 aliphatic rings. The molecule has 0 spiro atoms. The van der Waals surface area contributed by atoms with E-state index >= 15 is 0 Å². The fourth-order valence-electron chi connectivity index (χ4n) is 2.82. The van der Waals surface area contributed by atoms with Gasteiger partial charge in [-0.25, -0.2) is 19.4 Å². The van der Waals surface area contributed by atoms with Gasteiger partial charge in [-0.1, -0.05) is 0 Å². The molecule has 9 nitrogen and oxygen atoms in total. The number of carbonyl (C=O) groups excluding carboxylic acids is 3. The number of aliphatic imine (C=N–C) groups is 1. The third-order valence-corrected chi connectivity index (χ3v) is 4.31. The fourth-order valence-corrected chi connectivity index (χ4v) is 2.82. The first kappa shape index (κ1) is 21.2. The minimum absolute atomic E-state index is 0.0432. The second kappa shape index (κ2) is 8.28. The highest BCUT2D eigenvalue weighted by Gasteiger charge is 2.73. The first-order valence-corrected chi connectivity index (χ1v) is 8.66. The molecule has 1 aromatic rings. The van der Waals surface area contributed by atoms with E-state index in [0.717, 1.165) is 7.11 Å². The number of ether oxygens (including phenoxy) is 5. The van der Waals surface area contributed by atoms with Crippen molar-refractivity contribution in [2.45, 2.75) is 31.9 Å². The fraction of sp³-hybridized carbons (Fsp3) is 0.474. The Bertz CT molecular complexity index is 768. The van der Waals surface area contributed by atoms with Crippen LogP contribution >= 0.6 is 0 Å². The van der Waals surface area contributed by atoms with E-state index in [-0.39, 0.29) is 19.1 Å².